The molecule has 4 nitrogen and oxygen atoms in total. The first-order valence-corrected chi connectivity index (χ1v) is 7.83. The van der Waals surface area contributed by atoms with E-state index in [9.17, 15) is 0 Å². The molecule has 0 aliphatic rings. The van der Waals surface area contributed by atoms with Gasteiger partial charge in [-0.05, 0) is 30.6 Å². The molecular formula is C15H29ClN4. The molecule has 1 heterocycles. The molecule has 0 aromatic carbocycles. The van der Waals surface area contributed by atoms with Crippen LogP contribution in [0.5, 0.6) is 0 Å². The minimum absolute atomic E-state index is 0.0499. The summed E-state index contributed by atoms with van der Waals surface area (Å²) in [6.07, 6.45) is 4.86. The lowest BCUT2D eigenvalue weighted by Gasteiger charge is -2.27. The van der Waals surface area contributed by atoms with Crippen LogP contribution in [0.15, 0.2) is 6.20 Å². The number of rotatable bonds is 7. The molecule has 2 unspecified atom stereocenters. The Morgan fingerprint density at radius 3 is 2.60 bits per heavy atom. The zero-order valence-corrected chi connectivity index (χ0v) is 14.2. The van der Waals surface area contributed by atoms with E-state index in [1.54, 1.807) is 6.20 Å². The minimum atomic E-state index is 0.0499. The number of nitrogens with zero attached hydrogens (tertiary/aromatic N) is 2. The van der Waals surface area contributed by atoms with E-state index in [1.165, 1.54) is 0 Å². The fraction of sp³-hybridized carbons (Fsp3) is 0.800. The van der Waals surface area contributed by atoms with Crippen LogP contribution in [0.3, 0.4) is 0 Å². The van der Waals surface area contributed by atoms with Gasteiger partial charge in [-0.2, -0.15) is 5.10 Å². The Balaban J connectivity index is 2.83. The third-order valence-electron chi connectivity index (χ3n) is 3.40. The van der Waals surface area contributed by atoms with Crippen LogP contribution in [0.1, 0.15) is 65.6 Å². The average molecular weight is 301 g/mol. The Morgan fingerprint density at radius 2 is 2.10 bits per heavy atom. The molecule has 116 valence electrons. The molecule has 5 heteroatoms. The quantitative estimate of drug-likeness (QED) is 0.593. The molecule has 1 rings (SSSR count). The zero-order chi connectivity index (χ0) is 15.3. The van der Waals surface area contributed by atoms with E-state index in [2.05, 4.69) is 45.1 Å². The van der Waals surface area contributed by atoms with Crippen LogP contribution in [0, 0.1) is 11.3 Å². The second kappa shape index (κ2) is 7.43. The molecule has 0 saturated carbocycles. The van der Waals surface area contributed by atoms with Gasteiger partial charge in [-0.15, -0.1) is 0 Å². The van der Waals surface area contributed by atoms with Crippen LogP contribution in [0.2, 0.25) is 5.02 Å². The summed E-state index contributed by atoms with van der Waals surface area (Å²) in [4.78, 5) is 0. The zero-order valence-electron chi connectivity index (χ0n) is 13.4. The van der Waals surface area contributed by atoms with Crippen molar-refractivity contribution in [2.75, 3.05) is 0 Å². The number of nitrogens with one attached hydrogen (secondary N) is 1. The summed E-state index contributed by atoms with van der Waals surface area (Å²) in [6, 6.07) is 0.0499. The van der Waals surface area contributed by atoms with Crippen molar-refractivity contribution in [1.29, 1.82) is 0 Å². The first-order valence-electron chi connectivity index (χ1n) is 7.45. The number of aryl methyl sites for hydroxylation is 1. The lowest BCUT2D eigenvalue weighted by Crippen LogP contribution is -2.32. The maximum atomic E-state index is 6.29. The third kappa shape index (κ3) is 5.08. The second-order valence-corrected chi connectivity index (χ2v) is 7.33. The number of nitrogens with two attached hydrogens (primary N) is 1. The average Bonchev–Trinajstić information content (AvgIpc) is 2.66. The van der Waals surface area contributed by atoms with Gasteiger partial charge in [0.05, 0.1) is 23.0 Å². The number of aromatic nitrogens is 2. The summed E-state index contributed by atoms with van der Waals surface area (Å²) in [5.41, 5.74) is 4.25. The summed E-state index contributed by atoms with van der Waals surface area (Å²) in [6.45, 7) is 12.1. The van der Waals surface area contributed by atoms with Gasteiger partial charge in [-0.3, -0.25) is 16.0 Å². The van der Waals surface area contributed by atoms with Gasteiger partial charge in [0.15, 0.2) is 0 Å². The maximum absolute atomic E-state index is 6.29. The van der Waals surface area contributed by atoms with E-state index in [4.69, 9.17) is 17.4 Å². The monoisotopic (exact) mass is 300 g/mol. The SMILES string of the molecule is CCCn1ncc(Cl)c1C(CC(C)CC(C)(C)C)NN. The van der Waals surface area contributed by atoms with E-state index >= 15 is 0 Å². The first-order chi connectivity index (χ1) is 9.28. The Kier molecular flexibility index (Phi) is 6.49. The van der Waals surface area contributed by atoms with Crippen molar-refractivity contribution in [1.82, 2.24) is 15.2 Å². The predicted molar refractivity (Wildman–Crippen MR) is 85.4 cm³/mol. The van der Waals surface area contributed by atoms with E-state index < -0.39 is 0 Å². The molecule has 0 saturated heterocycles. The van der Waals surface area contributed by atoms with E-state index in [-0.39, 0.29) is 6.04 Å². The van der Waals surface area contributed by atoms with Crippen LogP contribution in [0.4, 0.5) is 0 Å². The predicted octanol–water partition coefficient (Wildman–Crippen LogP) is 3.91. The minimum Gasteiger partial charge on any atom is -0.271 e. The largest absolute Gasteiger partial charge is 0.271 e. The van der Waals surface area contributed by atoms with E-state index in [1.807, 2.05) is 4.68 Å². The van der Waals surface area contributed by atoms with Crippen molar-refractivity contribution < 1.29 is 0 Å². The number of halogens is 1. The molecule has 2 atom stereocenters. The Morgan fingerprint density at radius 1 is 1.45 bits per heavy atom. The van der Waals surface area contributed by atoms with Crippen LogP contribution < -0.4 is 11.3 Å². The molecule has 3 N–H and O–H groups in total. The smallest absolute Gasteiger partial charge is 0.0834 e. The van der Waals surface area contributed by atoms with Gasteiger partial charge >= 0.3 is 0 Å². The van der Waals surface area contributed by atoms with Gasteiger partial charge in [-0.1, -0.05) is 46.2 Å². The summed E-state index contributed by atoms with van der Waals surface area (Å²) in [5.74, 6) is 6.33. The van der Waals surface area contributed by atoms with Crippen molar-refractivity contribution in [3.05, 3.63) is 16.9 Å². The second-order valence-electron chi connectivity index (χ2n) is 6.93. The van der Waals surface area contributed by atoms with Crippen LogP contribution in [-0.2, 0) is 6.54 Å². The number of hydrogen-bond acceptors (Lipinski definition) is 3. The summed E-state index contributed by atoms with van der Waals surface area (Å²) < 4.78 is 1.97. The van der Waals surface area contributed by atoms with Crippen molar-refractivity contribution in [2.24, 2.45) is 17.2 Å². The molecule has 0 fully saturated rings. The van der Waals surface area contributed by atoms with Gasteiger partial charge in [0.1, 0.15) is 0 Å². The molecular weight excluding hydrogens is 272 g/mol. The Hall–Kier alpha value is -0.580. The summed E-state index contributed by atoms with van der Waals surface area (Å²) >= 11 is 6.29. The highest BCUT2D eigenvalue weighted by molar-refractivity contribution is 6.31. The summed E-state index contributed by atoms with van der Waals surface area (Å²) in [7, 11) is 0. The third-order valence-corrected chi connectivity index (χ3v) is 3.69. The normalized spacial score (nSPS) is 15.3. The number of hydrazine groups is 1. The van der Waals surface area contributed by atoms with Gasteiger partial charge in [0, 0.05) is 6.54 Å². The van der Waals surface area contributed by atoms with Crippen LogP contribution in [-0.4, -0.2) is 9.78 Å². The van der Waals surface area contributed by atoms with E-state index in [0.29, 0.717) is 16.4 Å². The standard InChI is InChI=1S/C15H29ClN4/c1-6-7-20-14(12(16)10-18-20)13(19-17)8-11(2)9-15(3,4)5/h10-11,13,19H,6-9,17H2,1-5H3. The molecule has 1 aromatic heterocycles. The van der Waals surface area contributed by atoms with Gasteiger partial charge < -0.3 is 0 Å². The summed E-state index contributed by atoms with van der Waals surface area (Å²) in [5, 5.41) is 5.04. The first kappa shape index (κ1) is 17.5. The Labute approximate surface area is 128 Å². The van der Waals surface area contributed by atoms with Gasteiger partial charge in [0.25, 0.3) is 0 Å². The fourth-order valence-corrected chi connectivity index (χ4v) is 3.17. The topological polar surface area (TPSA) is 55.9 Å². The lowest BCUT2D eigenvalue weighted by atomic mass is 9.82. The van der Waals surface area contributed by atoms with Crippen molar-refractivity contribution in [3.8, 4) is 0 Å². The number of hydrogen-bond donors (Lipinski definition) is 2. The molecule has 0 aliphatic carbocycles. The fourth-order valence-electron chi connectivity index (χ4n) is 2.90. The van der Waals surface area contributed by atoms with Crippen LogP contribution >= 0.6 is 11.6 Å². The van der Waals surface area contributed by atoms with Crippen molar-refractivity contribution in [2.45, 2.75) is 66.5 Å². The Bertz CT molecular complexity index is 408. The molecule has 0 amide bonds. The van der Waals surface area contributed by atoms with Gasteiger partial charge in [-0.25, -0.2) is 0 Å². The van der Waals surface area contributed by atoms with Gasteiger partial charge in [0.2, 0.25) is 0 Å². The molecule has 0 spiro atoms. The molecule has 20 heavy (non-hydrogen) atoms. The van der Waals surface area contributed by atoms with Crippen LogP contribution in [0.25, 0.3) is 0 Å². The highest BCUT2D eigenvalue weighted by Crippen LogP contribution is 2.32. The highest BCUT2D eigenvalue weighted by atomic mass is 35.5. The molecule has 0 bridgehead atoms. The van der Waals surface area contributed by atoms with E-state index in [0.717, 1.165) is 31.5 Å². The maximum Gasteiger partial charge on any atom is 0.0834 e. The van der Waals surface area contributed by atoms with Crippen molar-refractivity contribution >= 4 is 11.6 Å². The highest BCUT2D eigenvalue weighted by Gasteiger charge is 2.23. The molecule has 1 aromatic rings. The molecule has 0 aliphatic heterocycles. The lowest BCUT2D eigenvalue weighted by molar-refractivity contribution is 0.272. The molecule has 0 radical (unpaired) electrons. The van der Waals surface area contributed by atoms with Crippen molar-refractivity contribution in [3.63, 3.8) is 0 Å².